The number of carbonyl (C=O) groups is 2. The molecule has 1 aromatic heterocycles. The molecule has 0 atom stereocenters. The summed E-state index contributed by atoms with van der Waals surface area (Å²) < 4.78 is 10.8. The predicted octanol–water partition coefficient (Wildman–Crippen LogP) is 1.21. The molecule has 0 saturated carbocycles. The zero-order valence-corrected chi connectivity index (χ0v) is 14.1. The lowest BCUT2D eigenvalue weighted by atomic mass is 9.96. The molecule has 2 aliphatic rings. The Kier molecular flexibility index (Phi) is 4.16. The van der Waals surface area contributed by atoms with E-state index >= 15 is 0 Å². The minimum atomic E-state index is -0.317. The molecule has 1 saturated heterocycles. The summed E-state index contributed by atoms with van der Waals surface area (Å²) in [7, 11) is 0. The smallest absolute Gasteiger partial charge is 0.276 e. The molecule has 0 aliphatic carbocycles. The van der Waals surface area contributed by atoms with Crippen LogP contribution in [0.4, 0.5) is 0 Å². The Hall–Kier alpha value is -3.16. The topological polar surface area (TPSA) is 108 Å². The molecule has 2 aliphatic heterocycles. The Morgan fingerprint density at radius 3 is 2.50 bits per heavy atom. The van der Waals surface area contributed by atoms with Gasteiger partial charge >= 0.3 is 0 Å². The van der Waals surface area contributed by atoms with Gasteiger partial charge in [0, 0.05) is 24.6 Å². The van der Waals surface area contributed by atoms with Gasteiger partial charge in [-0.1, -0.05) is 30.3 Å². The van der Waals surface area contributed by atoms with E-state index in [-0.39, 0.29) is 41.8 Å². The highest BCUT2D eigenvalue weighted by molar-refractivity contribution is 5.96. The number of fused-ring (bicyclic) bond motifs is 1. The van der Waals surface area contributed by atoms with Crippen molar-refractivity contribution in [3.63, 3.8) is 0 Å². The van der Waals surface area contributed by atoms with Crippen LogP contribution in [-0.4, -0.2) is 46.6 Å². The van der Waals surface area contributed by atoms with Crippen LogP contribution in [-0.2, 0) is 4.79 Å². The van der Waals surface area contributed by atoms with Gasteiger partial charge in [0.25, 0.3) is 11.8 Å². The highest BCUT2D eigenvalue weighted by Gasteiger charge is 2.32. The number of benzene rings is 1. The molecule has 0 bridgehead atoms. The van der Waals surface area contributed by atoms with E-state index in [0.717, 1.165) is 5.56 Å². The first-order chi connectivity index (χ1) is 12.6. The number of piperidine rings is 1. The monoisotopic (exact) mass is 354 g/mol. The van der Waals surface area contributed by atoms with Crippen LogP contribution in [0.15, 0.2) is 30.3 Å². The number of ether oxygens (including phenoxy) is 2. The average molecular weight is 354 g/mol. The normalized spacial score (nSPS) is 16.5. The molecule has 0 spiro atoms. The number of likely N-dealkylation sites (tertiary alicyclic amines) is 1. The number of hydrogen-bond donors (Lipinski definition) is 1. The van der Waals surface area contributed by atoms with Gasteiger partial charge in [-0.3, -0.25) is 9.59 Å². The van der Waals surface area contributed by atoms with Crippen LogP contribution in [0.25, 0.3) is 11.4 Å². The van der Waals surface area contributed by atoms with Gasteiger partial charge in [-0.15, -0.1) is 0 Å². The first-order valence-corrected chi connectivity index (χ1v) is 8.45. The maximum absolute atomic E-state index is 13.0. The van der Waals surface area contributed by atoms with Gasteiger partial charge in [-0.25, -0.2) is 4.98 Å². The SMILES string of the molecule is NC(=O)C1CCN(C(=O)c2nc(-c3ccccc3)nc3c2OCO3)CC1. The fourth-order valence-electron chi connectivity index (χ4n) is 3.18. The van der Waals surface area contributed by atoms with Gasteiger partial charge in [0.15, 0.2) is 11.5 Å². The Labute approximate surface area is 149 Å². The van der Waals surface area contributed by atoms with E-state index in [1.807, 2.05) is 30.3 Å². The number of carbonyl (C=O) groups excluding carboxylic acids is 2. The van der Waals surface area contributed by atoms with Crippen molar-refractivity contribution >= 4 is 11.8 Å². The van der Waals surface area contributed by atoms with Crippen LogP contribution in [0.5, 0.6) is 11.6 Å². The first-order valence-electron chi connectivity index (χ1n) is 8.45. The highest BCUT2D eigenvalue weighted by Crippen LogP contribution is 2.35. The van der Waals surface area contributed by atoms with Crippen LogP contribution < -0.4 is 15.2 Å². The Bertz CT molecular complexity index is 848. The summed E-state index contributed by atoms with van der Waals surface area (Å²) in [4.78, 5) is 34.8. The number of amides is 2. The molecular formula is C18H18N4O4. The maximum atomic E-state index is 13.0. The molecule has 2 N–H and O–H groups in total. The number of rotatable bonds is 3. The summed E-state index contributed by atoms with van der Waals surface area (Å²) in [6.07, 6.45) is 1.11. The molecule has 0 unspecified atom stereocenters. The molecule has 4 rings (SSSR count). The fraction of sp³-hybridized carbons (Fsp3) is 0.333. The van der Waals surface area contributed by atoms with Crippen molar-refractivity contribution in [3.05, 3.63) is 36.0 Å². The number of nitrogens with zero attached hydrogens (tertiary/aromatic N) is 3. The largest absolute Gasteiger partial charge is 0.449 e. The third kappa shape index (κ3) is 2.94. The van der Waals surface area contributed by atoms with Crippen molar-refractivity contribution in [2.45, 2.75) is 12.8 Å². The molecule has 0 radical (unpaired) electrons. The zero-order chi connectivity index (χ0) is 18.1. The van der Waals surface area contributed by atoms with E-state index in [0.29, 0.717) is 31.8 Å². The quantitative estimate of drug-likeness (QED) is 0.888. The van der Waals surface area contributed by atoms with Gasteiger partial charge in [0.05, 0.1) is 0 Å². The molecular weight excluding hydrogens is 336 g/mol. The van der Waals surface area contributed by atoms with E-state index in [4.69, 9.17) is 15.2 Å². The maximum Gasteiger partial charge on any atom is 0.276 e. The fourth-order valence-corrected chi connectivity index (χ4v) is 3.18. The van der Waals surface area contributed by atoms with Crippen molar-refractivity contribution in [3.8, 4) is 23.0 Å². The summed E-state index contributed by atoms with van der Waals surface area (Å²) >= 11 is 0. The minimum Gasteiger partial charge on any atom is -0.449 e. The van der Waals surface area contributed by atoms with E-state index in [1.165, 1.54) is 0 Å². The lowest BCUT2D eigenvalue weighted by molar-refractivity contribution is -0.123. The van der Waals surface area contributed by atoms with Crippen molar-refractivity contribution in [1.82, 2.24) is 14.9 Å². The second-order valence-electron chi connectivity index (χ2n) is 6.27. The number of primary amides is 1. The third-order valence-corrected chi connectivity index (χ3v) is 4.65. The molecule has 1 aromatic carbocycles. The van der Waals surface area contributed by atoms with Crippen LogP contribution in [0.2, 0.25) is 0 Å². The standard InChI is InChI=1S/C18H18N4O4/c19-15(23)11-6-8-22(9-7-11)18(24)13-14-17(26-10-25-14)21-16(20-13)12-4-2-1-3-5-12/h1-5,11H,6-10H2,(H2,19,23). The third-order valence-electron chi connectivity index (χ3n) is 4.65. The predicted molar refractivity (Wildman–Crippen MR) is 91.4 cm³/mol. The average Bonchev–Trinajstić information content (AvgIpc) is 3.16. The summed E-state index contributed by atoms with van der Waals surface area (Å²) in [5, 5.41) is 0. The van der Waals surface area contributed by atoms with Gasteiger partial charge in [0.2, 0.25) is 18.4 Å². The lowest BCUT2D eigenvalue weighted by Crippen LogP contribution is -2.42. The number of aromatic nitrogens is 2. The van der Waals surface area contributed by atoms with Crippen molar-refractivity contribution in [1.29, 1.82) is 0 Å². The molecule has 3 heterocycles. The first kappa shape index (κ1) is 16.3. The van der Waals surface area contributed by atoms with Crippen molar-refractivity contribution in [2.75, 3.05) is 19.9 Å². The van der Waals surface area contributed by atoms with Crippen molar-refractivity contribution in [2.24, 2.45) is 11.7 Å². The second-order valence-corrected chi connectivity index (χ2v) is 6.27. The Morgan fingerprint density at radius 2 is 1.81 bits per heavy atom. The van der Waals surface area contributed by atoms with Crippen molar-refractivity contribution < 1.29 is 19.1 Å². The lowest BCUT2D eigenvalue weighted by Gasteiger charge is -2.30. The number of hydrogen-bond acceptors (Lipinski definition) is 6. The second kappa shape index (κ2) is 6.62. The summed E-state index contributed by atoms with van der Waals surface area (Å²) in [5.41, 5.74) is 6.33. The molecule has 1 fully saturated rings. The molecule has 134 valence electrons. The van der Waals surface area contributed by atoms with E-state index in [2.05, 4.69) is 9.97 Å². The van der Waals surface area contributed by atoms with Crippen LogP contribution >= 0.6 is 0 Å². The minimum absolute atomic E-state index is 0.00624. The van der Waals surface area contributed by atoms with Gasteiger partial charge in [0.1, 0.15) is 0 Å². The summed E-state index contributed by atoms with van der Waals surface area (Å²) in [6.45, 7) is 0.909. The van der Waals surface area contributed by atoms with Crippen LogP contribution in [0.3, 0.4) is 0 Å². The molecule has 2 amide bonds. The van der Waals surface area contributed by atoms with E-state index < -0.39 is 0 Å². The molecule has 8 heteroatoms. The van der Waals surface area contributed by atoms with Gasteiger partial charge in [-0.05, 0) is 12.8 Å². The molecule has 8 nitrogen and oxygen atoms in total. The molecule has 2 aromatic rings. The van der Waals surface area contributed by atoms with Crippen LogP contribution in [0, 0.1) is 5.92 Å². The van der Waals surface area contributed by atoms with E-state index in [9.17, 15) is 9.59 Å². The Balaban J connectivity index is 1.65. The molecule has 26 heavy (non-hydrogen) atoms. The highest BCUT2D eigenvalue weighted by atomic mass is 16.7. The Morgan fingerprint density at radius 1 is 1.08 bits per heavy atom. The number of nitrogens with two attached hydrogens (primary N) is 1. The van der Waals surface area contributed by atoms with Gasteiger partial charge < -0.3 is 20.1 Å². The van der Waals surface area contributed by atoms with Crippen LogP contribution in [0.1, 0.15) is 23.3 Å². The summed E-state index contributed by atoms with van der Waals surface area (Å²) in [5.74, 6) is 0.193. The summed E-state index contributed by atoms with van der Waals surface area (Å²) in [6, 6.07) is 9.37. The van der Waals surface area contributed by atoms with Gasteiger partial charge in [-0.2, -0.15) is 4.98 Å². The zero-order valence-electron chi connectivity index (χ0n) is 14.1. The van der Waals surface area contributed by atoms with E-state index in [1.54, 1.807) is 4.90 Å².